The van der Waals surface area contributed by atoms with Crippen LogP contribution in [0.25, 0.3) is 11.4 Å². The number of nitrogens with one attached hydrogen (secondary N) is 1. The Hall–Kier alpha value is -3.26. The molecule has 0 fully saturated rings. The average Bonchev–Trinajstić information content (AvgIpc) is 3.38. The van der Waals surface area contributed by atoms with Crippen molar-refractivity contribution >= 4 is 17.7 Å². The molecule has 1 N–H and O–H groups in total. The van der Waals surface area contributed by atoms with Gasteiger partial charge in [-0.1, -0.05) is 54.2 Å². The number of hydrogen-bond acceptors (Lipinski definition) is 6. The van der Waals surface area contributed by atoms with Gasteiger partial charge in [0.1, 0.15) is 0 Å². The monoisotopic (exact) mass is 408 g/mol. The van der Waals surface area contributed by atoms with Gasteiger partial charge in [0.2, 0.25) is 12.7 Å². The lowest BCUT2D eigenvalue weighted by Crippen LogP contribution is -2.24. The van der Waals surface area contributed by atoms with Crippen LogP contribution in [0.1, 0.15) is 5.56 Å². The normalized spacial score (nSPS) is 12.0. The van der Waals surface area contributed by atoms with Crippen LogP contribution in [-0.4, -0.2) is 33.2 Å². The van der Waals surface area contributed by atoms with Gasteiger partial charge in [0.05, 0.1) is 5.75 Å². The Morgan fingerprint density at radius 1 is 1.17 bits per heavy atom. The third-order valence-corrected chi connectivity index (χ3v) is 5.29. The summed E-state index contributed by atoms with van der Waals surface area (Å²) >= 11 is 1.35. The van der Waals surface area contributed by atoms with Crippen LogP contribution in [0.4, 0.5) is 0 Å². The number of thioether (sulfide) groups is 1. The van der Waals surface area contributed by atoms with E-state index in [1.165, 1.54) is 11.8 Å². The third-order valence-electron chi connectivity index (χ3n) is 4.32. The Labute approximate surface area is 172 Å². The van der Waals surface area contributed by atoms with Gasteiger partial charge in [-0.2, -0.15) is 0 Å². The summed E-state index contributed by atoms with van der Waals surface area (Å²) in [6.07, 6.45) is 1.79. The maximum absolute atomic E-state index is 12.3. The Bertz CT molecular complexity index is 1020. The number of fused-ring (bicyclic) bond motifs is 1. The van der Waals surface area contributed by atoms with Crippen molar-refractivity contribution in [1.29, 1.82) is 0 Å². The first-order valence-corrected chi connectivity index (χ1v) is 10.1. The van der Waals surface area contributed by atoms with Crippen molar-refractivity contribution in [3.63, 3.8) is 0 Å². The van der Waals surface area contributed by atoms with Gasteiger partial charge in [0.25, 0.3) is 0 Å². The molecule has 0 radical (unpaired) electrons. The van der Waals surface area contributed by atoms with Gasteiger partial charge in [0, 0.05) is 18.7 Å². The first kappa shape index (κ1) is 19.1. The topological polar surface area (TPSA) is 78.3 Å². The Kier molecular flexibility index (Phi) is 5.81. The molecular weight excluding hydrogens is 388 g/mol. The summed E-state index contributed by atoms with van der Waals surface area (Å²) in [5.74, 6) is 2.36. The predicted molar refractivity (Wildman–Crippen MR) is 111 cm³/mol. The number of nitrogens with zero attached hydrogens (tertiary/aromatic N) is 3. The van der Waals surface area contributed by atoms with Crippen LogP contribution < -0.4 is 14.8 Å². The summed E-state index contributed by atoms with van der Waals surface area (Å²) in [6.45, 7) is 5.03. The average molecular weight is 408 g/mol. The molecule has 0 atom stereocenters. The fourth-order valence-corrected chi connectivity index (χ4v) is 3.70. The fourth-order valence-electron chi connectivity index (χ4n) is 2.92. The maximum atomic E-state index is 12.3. The lowest BCUT2D eigenvalue weighted by atomic mass is 10.2. The van der Waals surface area contributed by atoms with Crippen molar-refractivity contribution in [3.8, 4) is 22.9 Å². The van der Waals surface area contributed by atoms with Gasteiger partial charge in [-0.15, -0.1) is 16.8 Å². The summed E-state index contributed by atoms with van der Waals surface area (Å²) in [5, 5.41) is 12.2. The van der Waals surface area contributed by atoms with Gasteiger partial charge >= 0.3 is 0 Å². The van der Waals surface area contributed by atoms with E-state index in [4.69, 9.17) is 9.47 Å². The molecule has 148 valence electrons. The minimum Gasteiger partial charge on any atom is -0.454 e. The van der Waals surface area contributed by atoms with E-state index in [0.717, 1.165) is 22.7 Å². The van der Waals surface area contributed by atoms with E-state index in [2.05, 4.69) is 22.1 Å². The molecular formula is C21H20N4O3S. The summed E-state index contributed by atoms with van der Waals surface area (Å²) in [5.41, 5.74) is 1.93. The van der Waals surface area contributed by atoms with Crippen molar-refractivity contribution in [2.45, 2.75) is 18.2 Å². The van der Waals surface area contributed by atoms with Gasteiger partial charge in [0.15, 0.2) is 22.5 Å². The fraction of sp³-hybridized carbons (Fsp3) is 0.190. The van der Waals surface area contributed by atoms with Crippen LogP contribution in [0.2, 0.25) is 0 Å². The number of benzene rings is 2. The van der Waals surface area contributed by atoms with Crippen LogP contribution in [0.15, 0.2) is 66.3 Å². The van der Waals surface area contributed by atoms with Gasteiger partial charge in [-0.25, -0.2) is 0 Å². The SMILES string of the molecule is C=CCn1c(SCC(=O)NCc2ccc3c(c2)OCO3)nnc1-c1ccccc1. The van der Waals surface area contributed by atoms with Gasteiger partial charge < -0.3 is 14.8 Å². The molecule has 1 aliphatic rings. The summed E-state index contributed by atoms with van der Waals surface area (Å²) in [4.78, 5) is 12.3. The number of rotatable bonds is 8. The van der Waals surface area contributed by atoms with Crippen LogP contribution in [-0.2, 0) is 17.9 Å². The highest BCUT2D eigenvalue weighted by Crippen LogP contribution is 2.32. The molecule has 0 saturated heterocycles. The van der Waals surface area contributed by atoms with Crippen LogP contribution in [0.3, 0.4) is 0 Å². The minimum atomic E-state index is -0.0814. The first-order chi connectivity index (χ1) is 14.2. The highest BCUT2D eigenvalue weighted by molar-refractivity contribution is 7.99. The van der Waals surface area contributed by atoms with Crippen molar-refractivity contribution < 1.29 is 14.3 Å². The Morgan fingerprint density at radius 2 is 2.00 bits per heavy atom. The summed E-state index contributed by atoms with van der Waals surface area (Å²) in [7, 11) is 0. The lowest BCUT2D eigenvalue weighted by Gasteiger charge is -2.08. The Morgan fingerprint density at radius 3 is 2.83 bits per heavy atom. The van der Waals surface area contributed by atoms with Crippen molar-refractivity contribution in [2.75, 3.05) is 12.5 Å². The molecule has 0 unspecified atom stereocenters. The molecule has 0 saturated carbocycles. The Balaban J connectivity index is 1.36. The quantitative estimate of drug-likeness (QED) is 0.455. The summed E-state index contributed by atoms with van der Waals surface area (Å²) in [6, 6.07) is 15.5. The van der Waals surface area contributed by atoms with E-state index in [9.17, 15) is 4.79 Å². The molecule has 0 aliphatic carbocycles. The van der Waals surface area contributed by atoms with Crippen LogP contribution in [0.5, 0.6) is 11.5 Å². The molecule has 1 aliphatic heterocycles. The maximum Gasteiger partial charge on any atom is 0.231 e. The van der Waals surface area contributed by atoms with Crippen LogP contribution >= 0.6 is 11.8 Å². The molecule has 7 nitrogen and oxygen atoms in total. The minimum absolute atomic E-state index is 0.0814. The molecule has 0 spiro atoms. The highest BCUT2D eigenvalue weighted by atomic mass is 32.2. The predicted octanol–water partition coefficient (Wildman–Crippen LogP) is 3.27. The van der Waals surface area contributed by atoms with Crippen LogP contribution in [0, 0.1) is 0 Å². The zero-order valence-corrected chi connectivity index (χ0v) is 16.5. The van der Waals surface area contributed by atoms with E-state index in [-0.39, 0.29) is 18.5 Å². The largest absolute Gasteiger partial charge is 0.454 e. The molecule has 1 aromatic heterocycles. The van der Waals surface area contributed by atoms with E-state index in [1.54, 1.807) is 6.08 Å². The van der Waals surface area contributed by atoms with Gasteiger partial charge in [-0.05, 0) is 17.7 Å². The van der Waals surface area contributed by atoms with Crippen molar-refractivity contribution in [1.82, 2.24) is 20.1 Å². The molecule has 2 heterocycles. The molecule has 29 heavy (non-hydrogen) atoms. The van der Waals surface area contributed by atoms with Crippen molar-refractivity contribution in [2.24, 2.45) is 0 Å². The van der Waals surface area contributed by atoms with E-state index >= 15 is 0 Å². The number of allylic oxidation sites excluding steroid dienone is 1. The number of carbonyl (C=O) groups is 1. The first-order valence-electron chi connectivity index (χ1n) is 9.12. The number of aromatic nitrogens is 3. The second kappa shape index (κ2) is 8.83. The highest BCUT2D eigenvalue weighted by Gasteiger charge is 2.16. The molecule has 2 aromatic carbocycles. The smallest absolute Gasteiger partial charge is 0.231 e. The molecule has 4 rings (SSSR count). The zero-order valence-electron chi connectivity index (χ0n) is 15.7. The third kappa shape index (κ3) is 4.43. The lowest BCUT2D eigenvalue weighted by molar-refractivity contribution is -0.118. The number of carbonyl (C=O) groups excluding carboxylic acids is 1. The molecule has 3 aromatic rings. The van der Waals surface area contributed by atoms with Crippen molar-refractivity contribution in [3.05, 3.63) is 66.7 Å². The standard InChI is InChI=1S/C21H20N4O3S/c1-2-10-25-20(16-6-4-3-5-7-16)23-24-21(25)29-13-19(26)22-12-15-8-9-17-18(11-15)28-14-27-17/h2-9,11H,1,10,12-14H2,(H,22,26). The number of ether oxygens (including phenoxy) is 2. The zero-order chi connectivity index (χ0) is 20.1. The van der Waals surface area contributed by atoms with Gasteiger partial charge in [-0.3, -0.25) is 9.36 Å². The summed E-state index contributed by atoms with van der Waals surface area (Å²) < 4.78 is 12.6. The second-order valence-electron chi connectivity index (χ2n) is 6.32. The molecule has 8 heteroatoms. The molecule has 1 amide bonds. The molecule has 0 bridgehead atoms. The van der Waals surface area contributed by atoms with E-state index in [0.29, 0.717) is 24.0 Å². The van der Waals surface area contributed by atoms with E-state index < -0.39 is 0 Å². The second-order valence-corrected chi connectivity index (χ2v) is 7.27. The van der Waals surface area contributed by atoms with E-state index in [1.807, 2.05) is 53.1 Å². The number of hydrogen-bond donors (Lipinski definition) is 1. The number of amides is 1.